The molecule has 3 heterocycles. The molecule has 3 aliphatic heterocycles. The third kappa shape index (κ3) is 4.23. The minimum absolute atomic E-state index is 0.0961. The van der Waals surface area contributed by atoms with Crippen LogP contribution in [-0.4, -0.2) is 88.1 Å². The van der Waals surface area contributed by atoms with Gasteiger partial charge in [0.1, 0.15) is 11.6 Å². The average molecular weight is 515 g/mol. The number of aliphatic hydroxyl groups is 1. The molecule has 6 atom stereocenters. The lowest BCUT2D eigenvalue weighted by molar-refractivity contribution is -0.154. The topological polar surface area (TPSA) is 96.4 Å². The Labute approximate surface area is 198 Å². The zero-order valence-electron chi connectivity index (χ0n) is 19.0. The van der Waals surface area contributed by atoms with E-state index in [1.54, 1.807) is 17.9 Å². The van der Waals surface area contributed by atoms with E-state index < -0.39 is 35.6 Å². The van der Waals surface area contributed by atoms with E-state index >= 15 is 0 Å². The summed E-state index contributed by atoms with van der Waals surface area (Å²) in [4.78, 5) is 43.5. The van der Waals surface area contributed by atoms with Crippen LogP contribution in [0.25, 0.3) is 0 Å². The minimum Gasteiger partial charge on any atom is -0.466 e. The van der Waals surface area contributed by atoms with Crippen molar-refractivity contribution in [1.29, 1.82) is 0 Å². The lowest BCUT2D eigenvalue weighted by Gasteiger charge is -2.37. The Morgan fingerprint density at radius 3 is 2.75 bits per heavy atom. The molecule has 0 radical (unpaired) electrons. The maximum atomic E-state index is 13.9. The first kappa shape index (κ1) is 25.2. The van der Waals surface area contributed by atoms with Crippen LogP contribution < -0.4 is 0 Å². The molecule has 0 saturated carbocycles. The highest BCUT2D eigenvalue weighted by molar-refractivity contribution is 9.09. The number of likely N-dealkylation sites (tertiary alicyclic amines) is 1. The summed E-state index contributed by atoms with van der Waals surface area (Å²) in [5, 5.41) is 9.40. The van der Waals surface area contributed by atoms with E-state index in [2.05, 4.69) is 29.4 Å². The molecule has 180 valence electrons. The SMILES string of the molecule is C=CCN(CCCCC)C(=O)C1N(CCCO)C(=O)[C@@H]2[C@@H](C(=O)OCC)[C@@H]3OC12CC3Br. The van der Waals surface area contributed by atoms with E-state index in [-0.39, 0.29) is 36.4 Å². The van der Waals surface area contributed by atoms with Gasteiger partial charge in [0.05, 0.1) is 24.5 Å². The number of carbonyl (C=O) groups is 3. The lowest BCUT2D eigenvalue weighted by atomic mass is 9.70. The number of unbranched alkanes of at least 4 members (excludes halogenated alkanes) is 2. The number of amides is 2. The van der Waals surface area contributed by atoms with Crippen molar-refractivity contribution < 1.29 is 29.0 Å². The molecule has 3 aliphatic rings. The van der Waals surface area contributed by atoms with E-state index in [1.165, 1.54) is 4.90 Å². The molecule has 1 N–H and O–H groups in total. The molecule has 3 unspecified atom stereocenters. The van der Waals surface area contributed by atoms with Gasteiger partial charge in [0, 0.05) is 31.1 Å². The van der Waals surface area contributed by atoms with Crippen LogP contribution in [0.4, 0.5) is 0 Å². The predicted molar refractivity (Wildman–Crippen MR) is 122 cm³/mol. The molecular formula is C23H35BrN2O6. The summed E-state index contributed by atoms with van der Waals surface area (Å²) in [6, 6.07) is -0.836. The molecule has 0 aromatic carbocycles. The highest BCUT2D eigenvalue weighted by Gasteiger charge is 2.76. The first-order valence-electron chi connectivity index (χ1n) is 11.7. The van der Waals surface area contributed by atoms with E-state index in [0.717, 1.165) is 19.3 Å². The summed E-state index contributed by atoms with van der Waals surface area (Å²) in [5.41, 5.74) is -1.08. The van der Waals surface area contributed by atoms with Gasteiger partial charge >= 0.3 is 5.97 Å². The van der Waals surface area contributed by atoms with Crippen molar-refractivity contribution in [3.8, 4) is 0 Å². The monoisotopic (exact) mass is 514 g/mol. The van der Waals surface area contributed by atoms with Gasteiger partial charge in [-0.05, 0) is 26.2 Å². The first-order chi connectivity index (χ1) is 15.4. The van der Waals surface area contributed by atoms with Crippen LogP contribution in [0.15, 0.2) is 12.7 Å². The number of ether oxygens (including phenoxy) is 2. The molecule has 0 aliphatic carbocycles. The number of fused-ring (bicyclic) bond motifs is 1. The van der Waals surface area contributed by atoms with Crippen molar-refractivity contribution >= 4 is 33.7 Å². The number of alkyl halides is 1. The van der Waals surface area contributed by atoms with Crippen molar-refractivity contribution in [3.05, 3.63) is 12.7 Å². The molecule has 8 nitrogen and oxygen atoms in total. The van der Waals surface area contributed by atoms with E-state index in [0.29, 0.717) is 25.9 Å². The number of aliphatic hydroxyl groups excluding tert-OH is 1. The molecule has 0 aromatic rings. The van der Waals surface area contributed by atoms with E-state index in [9.17, 15) is 19.5 Å². The van der Waals surface area contributed by atoms with Gasteiger partial charge in [0.2, 0.25) is 11.8 Å². The van der Waals surface area contributed by atoms with Crippen LogP contribution in [0, 0.1) is 11.8 Å². The van der Waals surface area contributed by atoms with Gasteiger partial charge in [-0.15, -0.1) is 6.58 Å². The van der Waals surface area contributed by atoms with Crippen LogP contribution in [0.1, 0.15) is 46.0 Å². The number of hydrogen-bond donors (Lipinski definition) is 1. The predicted octanol–water partition coefficient (Wildman–Crippen LogP) is 1.88. The molecule has 0 aromatic heterocycles. The van der Waals surface area contributed by atoms with Crippen molar-refractivity contribution in [2.75, 3.05) is 32.8 Å². The Balaban J connectivity index is 1.98. The van der Waals surface area contributed by atoms with Crippen molar-refractivity contribution in [2.24, 2.45) is 11.8 Å². The number of rotatable bonds is 12. The van der Waals surface area contributed by atoms with Crippen LogP contribution in [0.2, 0.25) is 0 Å². The van der Waals surface area contributed by atoms with Gasteiger partial charge in [-0.2, -0.15) is 0 Å². The number of halogens is 1. The summed E-state index contributed by atoms with van der Waals surface area (Å²) < 4.78 is 11.7. The normalized spacial score (nSPS) is 32.8. The second kappa shape index (κ2) is 10.7. The maximum Gasteiger partial charge on any atom is 0.312 e. The standard InChI is InChI=1S/C23H35BrN2O6/c1-4-7-8-11-25(10-5-2)21(29)19-23-14-15(24)18(32-23)16(22(30)31-6-3)17(23)20(28)26(19)12-9-13-27/h5,15-19,27H,2,4,6-14H2,1,3H3/t15?,16-,17+,18-,19?,23?/m1/s1. The van der Waals surface area contributed by atoms with Crippen LogP contribution in [0.3, 0.4) is 0 Å². The van der Waals surface area contributed by atoms with E-state index in [4.69, 9.17) is 9.47 Å². The van der Waals surface area contributed by atoms with Gasteiger partial charge in [-0.25, -0.2) is 0 Å². The molecule has 2 amide bonds. The van der Waals surface area contributed by atoms with Gasteiger partial charge in [0.15, 0.2) is 0 Å². The van der Waals surface area contributed by atoms with Crippen LogP contribution in [0.5, 0.6) is 0 Å². The fourth-order valence-corrected chi connectivity index (χ4v) is 6.51. The second-order valence-corrected chi connectivity index (χ2v) is 9.98. The van der Waals surface area contributed by atoms with Crippen LogP contribution >= 0.6 is 15.9 Å². The molecule has 2 bridgehead atoms. The molecule has 3 saturated heterocycles. The Morgan fingerprint density at radius 1 is 1.38 bits per heavy atom. The van der Waals surface area contributed by atoms with Crippen molar-refractivity contribution in [1.82, 2.24) is 9.80 Å². The largest absolute Gasteiger partial charge is 0.466 e. The average Bonchev–Trinajstić information content (AvgIpc) is 3.35. The Hall–Kier alpha value is -1.45. The highest BCUT2D eigenvalue weighted by Crippen LogP contribution is 2.60. The smallest absolute Gasteiger partial charge is 0.312 e. The van der Waals surface area contributed by atoms with E-state index in [1.807, 2.05) is 0 Å². The molecule has 32 heavy (non-hydrogen) atoms. The fraction of sp³-hybridized carbons (Fsp3) is 0.783. The maximum absolute atomic E-state index is 13.9. The highest BCUT2D eigenvalue weighted by atomic mass is 79.9. The zero-order chi connectivity index (χ0) is 23.5. The van der Waals surface area contributed by atoms with Gasteiger partial charge in [0.25, 0.3) is 0 Å². The lowest BCUT2D eigenvalue weighted by Crippen LogP contribution is -2.57. The summed E-state index contributed by atoms with van der Waals surface area (Å²) >= 11 is 3.63. The molecule has 3 fully saturated rings. The molecule has 1 spiro atoms. The fourth-order valence-electron chi connectivity index (χ4n) is 5.57. The first-order valence-corrected chi connectivity index (χ1v) is 12.6. The van der Waals surface area contributed by atoms with Crippen molar-refractivity contribution in [2.45, 2.75) is 68.5 Å². The number of esters is 1. The minimum atomic E-state index is -1.08. The Morgan fingerprint density at radius 2 is 2.12 bits per heavy atom. The van der Waals surface area contributed by atoms with Gasteiger partial charge < -0.3 is 24.4 Å². The molecular weight excluding hydrogens is 480 g/mol. The molecule has 9 heteroatoms. The number of nitrogens with zero attached hydrogens (tertiary/aromatic N) is 2. The quantitative estimate of drug-likeness (QED) is 0.185. The van der Waals surface area contributed by atoms with Gasteiger partial charge in [-0.1, -0.05) is 41.8 Å². The Bertz CT molecular complexity index is 733. The van der Waals surface area contributed by atoms with Crippen LogP contribution in [-0.2, 0) is 23.9 Å². The summed E-state index contributed by atoms with van der Waals surface area (Å²) in [5.74, 6) is -2.40. The molecule has 3 rings (SSSR count). The van der Waals surface area contributed by atoms with Crippen molar-refractivity contribution in [3.63, 3.8) is 0 Å². The Kier molecular flexibility index (Phi) is 8.38. The number of carbonyl (C=O) groups excluding carboxylic acids is 3. The third-order valence-electron chi connectivity index (χ3n) is 6.83. The van der Waals surface area contributed by atoms with Gasteiger partial charge in [-0.3, -0.25) is 14.4 Å². The zero-order valence-corrected chi connectivity index (χ0v) is 20.6. The summed E-state index contributed by atoms with van der Waals surface area (Å²) in [6.45, 7) is 8.93. The number of hydrogen-bond acceptors (Lipinski definition) is 6. The summed E-state index contributed by atoms with van der Waals surface area (Å²) in [6.07, 6.45) is 4.89. The summed E-state index contributed by atoms with van der Waals surface area (Å²) in [7, 11) is 0. The third-order valence-corrected chi connectivity index (χ3v) is 7.68. The second-order valence-electron chi connectivity index (χ2n) is 8.80.